The first-order chi connectivity index (χ1) is 20.8. The van der Waals surface area contributed by atoms with Crippen molar-refractivity contribution in [3.05, 3.63) is 70.8 Å². The summed E-state index contributed by atoms with van der Waals surface area (Å²) in [6.07, 6.45) is 7.28. The number of aliphatic hydroxyl groups is 2. The highest BCUT2D eigenvalue weighted by atomic mass is 16.7. The average molecular weight is 590 g/mol. The van der Waals surface area contributed by atoms with E-state index in [0.717, 1.165) is 78.8 Å². The Morgan fingerprint density at radius 1 is 0.930 bits per heavy atom. The standard InChI is InChI=1S/C35H47N3O5/c1-22-31(20-38-11-10-30(40)19-38)42-33(43-32(22)28-6-4-24(21-39)5-7-28)29-8-2-23(3-9-29)18-36-34(41)37-35-15-25-12-26(16-35)14-27(13-25)17-35/h2-9,22,25-27,30-33,39-40H,10-21H2,1H3,(H2,36,37,41). The predicted octanol–water partition coefficient (Wildman–Crippen LogP) is 4.80. The van der Waals surface area contributed by atoms with E-state index in [1.165, 1.54) is 19.3 Å². The van der Waals surface area contributed by atoms with E-state index >= 15 is 0 Å². The van der Waals surface area contributed by atoms with Crippen LogP contribution in [0.4, 0.5) is 4.79 Å². The van der Waals surface area contributed by atoms with Crippen molar-refractivity contribution in [1.29, 1.82) is 0 Å². The van der Waals surface area contributed by atoms with Gasteiger partial charge in [0.05, 0.1) is 24.9 Å². The molecule has 2 aromatic carbocycles. The number of nitrogens with one attached hydrogen (secondary N) is 2. The van der Waals surface area contributed by atoms with Gasteiger partial charge in [-0.3, -0.25) is 4.90 Å². The first-order valence-corrected chi connectivity index (χ1v) is 16.4. The van der Waals surface area contributed by atoms with Crippen molar-refractivity contribution in [2.75, 3.05) is 19.6 Å². The molecule has 0 spiro atoms. The van der Waals surface area contributed by atoms with Gasteiger partial charge in [0.2, 0.25) is 0 Å². The Bertz CT molecular complexity index is 1230. The molecule has 232 valence electrons. The maximum absolute atomic E-state index is 13.0. The van der Waals surface area contributed by atoms with Crippen molar-refractivity contribution >= 4 is 6.03 Å². The number of urea groups is 1. The zero-order valence-corrected chi connectivity index (χ0v) is 25.3. The summed E-state index contributed by atoms with van der Waals surface area (Å²) in [5.41, 5.74) is 3.92. The van der Waals surface area contributed by atoms with Crippen LogP contribution in [0.3, 0.4) is 0 Å². The van der Waals surface area contributed by atoms with Crippen molar-refractivity contribution in [2.24, 2.45) is 23.7 Å². The van der Waals surface area contributed by atoms with Crippen LogP contribution >= 0.6 is 0 Å². The lowest BCUT2D eigenvalue weighted by Crippen LogP contribution is -2.61. The molecule has 5 atom stereocenters. The molecule has 43 heavy (non-hydrogen) atoms. The molecule has 6 aliphatic rings. The molecule has 8 heteroatoms. The molecule has 4 saturated carbocycles. The van der Waals surface area contributed by atoms with Crippen molar-refractivity contribution in [3.63, 3.8) is 0 Å². The molecule has 4 bridgehead atoms. The number of rotatable bonds is 8. The Labute approximate surface area is 255 Å². The van der Waals surface area contributed by atoms with Crippen LogP contribution in [0.2, 0.25) is 0 Å². The van der Waals surface area contributed by atoms with E-state index < -0.39 is 6.29 Å². The molecule has 4 aliphatic carbocycles. The number of hydrogen-bond acceptors (Lipinski definition) is 6. The van der Waals surface area contributed by atoms with Crippen LogP contribution in [0, 0.1) is 23.7 Å². The molecule has 8 rings (SSSR count). The third kappa shape index (κ3) is 6.36. The molecular formula is C35H47N3O5. The zero-order chi connectivity index (χ0) is 29.6. The van der Waals surface area contributed by atoms with Gasteiger partial charge in [-0.1, -0.05) is 55.5 Å². The number of nitrogens with zero attached hydrogens (tertiary/aromatic N) is 1. The van der Waals surface area contributed by atoms with Gasteiger partial charge in [-0.2, -0.15) is 0 Å². The summed E-state index contributed by atoms with van der Waals surface area (Å²) in [5.74, 6) is 2.50. The third-order valence-electron chi connectivity index (χ3n) is 10.9. The second kappa shape index (κ2) is 12.1. The summed E-state index contributed by atoms with van der Waals surface area (Å²) in [4.78, 5) is 15.2. The number of hydrogen-bond donors (Lipinski definition) is 4. The second-order valence-electron chi connectivity index (χ2n) is 14.3. The van der Waals surface area contributed by atoms with Crippen LogP contribution in [0.15, 0.2) is 48.5 Å². The lowest BCUT2D eigenvalue weighted by Gasteiger charge is -2.56. The molecule has 2 heterocycles. The third-order valence-corrected chi connectivity index (χ3v) is 10.9. The van der Waals surface area contributed by atoms with Gasteiger partial charge in [0.25, 0.3) is 0 Å². The molecule has 2 aliphatic heterocycles. The average Bonchev–Trinajstić information content (AvgIpc) is 3.41. The number of ether oxygens (including phenoxy) is 2. The molecule has 2 saturated heterocycles. The SMILES string of the molecule is CC1C(CN2CCC(O)C2)OC(c2ccc(CNC(=O)NC34CC5CC(CC(C5)C3)C4)cc2)OC1c1ccc(CO)cc1. The highest BCUT2D eigenvalue weighted by molar-refractivity contribution is 5.75. The van der Waals surface area contributed by atoms with E-state index in [0.29, 0.717) is 13.1 Å². The summed E-state index contributed by atoms with van der Waals surface area (Å²) in [5, 5.41) is 26.1. The Morgan fingerprint density at radius 2 is 1.56 bits per heavy atom. The molecular weight excluding hydrogens is 542 g/mol. The van der Waals surface area contributed by atoms with E-state index in [4.69, 9.17) is 9.47 Å². The van der Waals surface area contributed by atoms with E-state index in [1.807, 2.05) is 48.5 Å². The summed E-state index contributed by atoms with van der Waals surface area (Å²) < 4.78 is 13.2. The highest BCUT2D eigenvalue weighted by Crippen LogP contribution is 2.55. The second-order valence-corrected chi connectivity index (χ2v) is 14.3. The van der Waals surface area contributed by atoms with E-state index in [-0.39, 0.29) is 42.4 Å². The van der Waals surface area contributed by atoms with Crippen molar-refractivity contribution in [3.8, 4) is 0 Å². The number of carbonyl (C=O) groups excluding carboxylic acids is 1. The van der Waals surface area contributed by atoms with Crippen molar-refractivity contribution < 1.29 is 24.5 Å². The summed E-state index contributed by atoms with van der Waals surface area (Å²) >= 11 is 0. The Balaban J connectivity index is 1.000. The zero-order valence-electron chi connectivity index (χ0n) is 25.3. The Kier molecular flexibility index (Phi) is 8.24. The molecule has 2 aromatic rings. The Hall–Kier alpha value is -2.49. The van der Waals surface area contributed by atoms with Gasteiger partial charge in [-0.15, -0.1) is 0 Å². The van der Waals surface area contributed by atoms with Gasteiger partial charge in [-0.25, -0.2) is 4.79 Å². The first kappa shape index (κ1) is 29.2. The minimum absolute atomic E-state index is 0.00808. The van der Waals surface area contributed by atoms with E-state index in [9.17, 15) is 15.0 Å². The number of carbonyl (C=O) groups is 1. The molecule has 0 radical (unpaired) electrons. The smallest absolute Gasteiger partial charge is 0.315 e. The van der Waals surface area contributed by atoms with Gasteiger partial charge in [-0.05, 0) is 79.4 Å². The molecule has 8 nitrogen and oxygen atoms in total. The van der Waals surface area contributed by atoms with Crippen LogP contribution in [0.1, 0.15) is 86.5 Å². The molecule has 5 unspecified atom stereocenters. The highest BCUT2D eigenvalue weighted by Gasteiger charge is 2.51. The van der Waals surface area contributed by atoms with Crippen molar-refractivity contribution in [2.45, 2.75) is 95.2 Å². The maximum Gasteiger partial charge on any atom is 0.315 e. The number of benzene rings is 2. The normalized spacial score (nSPS) is 37.0. The molecule has 4 N–H and O–H groups in total. The fourth-order valence-corrected chi connectivity index (χ4v) is 9.08. The quantitative estimate of drug-likeness (QED) is 0.353. The van der Waals surface area contributed by atoms with Crippen LogP contribution in [0.25, 0.3) is 0 Å². The molecule has 0 aromatic heterocycles. The maximum atomic E-state index is 13.0. The fourth-order valence-electron chi connectivity index (χ4n) is 9.08. The van der Waals surface area contributed by atoms with Crippen molar-refractivity contribution in [1.82, 2.24) is 15.5 Å². The number of aliphatic hydroxyl groups excluding tert-OH is 2. The van der Waals surface area contributed by atoms with Crippen LogP contribution in [0.5, 0.6) is 0 Å². The minimum atomic E-state index is -0.530. The number of β-amino-alcohol motifs (C(OH)–C–C–N with tert-alkyl or cyclic N) is 1. The van der Waals surface area contributed by atoms with Gasteiger partial charge in [0.15, 0.2) is 6.29 Å². The summed E-state index contributed by atoms with van der Waals surface area (Å²) in [6.45, 7) is 4.94. The minimum Gasteiger partial charge on any atom is -0.392 e. The molecule has 6 fully saturated rings. The Morgan fingerprint density at radius 3 is 2.16 bits per heavy atom. The lowest BCUT2D eigenvalue weighted by molar-refractivity contribution is -0.276. The number of likely N-dealkylation sites (tertiary alicyclic amines) is 1. The lowest BCUT2D eigenvalue weighted by atomic mass is 9.53. The predicted molar refractivity (Wildman–Crippen MR) is 163 cm³/mol. The molecule has 2 amide bonds. The van der Waals surface area contributed by atoms with Gasteiger partial charge in [0.1, 0.15) is 0 Å². The van der Waals surface area contributed by atoms with Crippen LogP contribution in [-0.2, 0) is 22.6 Å². The van der Waals surface area contributed by atoms with Gasteiger partial charge < -0.3 is 30.3 Å². The van der Waals surface area contributed by atoms with Crippen LogP contribution < -0.4 is 10.6 Å². The topological polar surface area (TPSA) is 103 Å². The first-order valence-electron chi connectivity index (χ1n) is 16.4. The van der Waals surface area contributed by atoms with E-state index in [1.54, 1.807) is 0 Å². The van der Waals surface area contributed by atoms with Gasteiger partial charge >= 0.3 is 6.03 Å². The monoisotopic (exact) mass is 589 g/mol. The van der Waals surface area contributed by atoms with Crippen LogP contribution in [-0.4, -0.2) is 58.5 Å². The van der Waals surface area contributed by atoms with E-state index in [2.05, 4.69) is 22.5 Å². The summed E-state index contributed by atoms with van der Waals surface area (Å²) in [7, 11) is 0. The van der Waals surface area contributed by atoms with Gasteiger partial charge in [0, 0.05) is 43.2 Å². The number of amides is 2. The summed E-state index contributed by atoms with van der Waals surface area (Å²) in [6, 6.07) is 16.1. The largest absolute Gasteiger partial charge is 0.392 e. The fraction of sp³-hybridized carbons (Fsp3) is 0.629.